The molecule has 6 heteroatoms. The zero-order valence-corrected chi connectivity index (χ0v) is 11.8. The molecule has 102 valence electrons. The van der Waals surface area contributed by atoms with E-state index in [1.165, 1.54) is 24.5 Å². The van der Waals surface area contributed by atoms with Crippen molar-refractivity contribution in [3.05, 3.63) is 29.0 Å². The SMILES string of the molecule is CCCNCc1nnc(-c2ccc(F)c(OC)c2)s1. The van der Waals surface area contributed by atoms with Gasteiger partial charge in [0, 0.05) is 12.1 Å². The van der Waals surface area contributed by atoms with Crippen LogP contribution in [0.2, 0.25) is 0 Å². The van der Waals surface area contributed by atoms with Gasteiger partial charge in [0.2, 0.25) is 0 Å². The first-order chi connectivity index (χ1) is 9.24. The Morgan fingerprint density at radius 1 is 1.37 bits per heavy atom. The summed E-state index contributed by atoms with van der Waals surface area (Å²) in [7, 11) is 1.45. The fourth-order valence-electron chi connectivity index (χ4n) is 1.61. The molecule has 0 aliphatic carbocycles. The highest BCUT2D eigenvalue weighted by Crippen LogP contribution is 2.28. The highest BCUT2D eigenvalue weighted by atomic mass is 32.1. The van der Waals surface area contributed by atoms with Crippen LogP contribution in [-0.2, 0) is 6.54 Å². The van der Waals surface area contributed by atoms with Crippen LogP contribution in [0, 0.1) is 5.82 Å². The van der Waals surface area contributed by atoms with Crippen molar-refractivity contribution < 1.29 is 9.13 Å². The van der Waals surface area contributed by atoms with Gasteiger partial charge in [-0.1, -0.05) is 18.3 Å². The number of ether oxygens (including phenoxy) is 1. The average Bonchev–Trinajstić information content (AvgIpc) is 2.88. The van der Waals surface area contributed by atoms with Crippen LogP contribution < -0.4 is 10.1 Å². The first kappa shape index (κ1) is 13.9. The monoisotopic (exact) mass is 281 g/mol. The zero-order valence-electron chi connectivity index (χ0n) is 10.9. The van der Waals surface area contributed by atoms with Gasteiger partial charge in [-0.2, -0.15) is 0 Å². The summed E-state index contributed by atoms with van der Waals surface area (Å²) in [6.45, 7) is 3.78. The Labute approximate surface area is 115 Å². The second-order valence-electron chi connectivity index (χ2n) is 4.03. The molecule has 0 fully saturated rings. The van der Waals surface area contributed by atoms with E-state index in [1.54, 1.807) is 12.1 Å². The molecule has 0 amide bonds. The standard InChI is InChI=1S/C13H16FN3OS/c1-3-6-15-8-12-16-17-13(19-12)9-4-5-10(14)11(7-9)18-2/h4-5,7,15H,3,6,8H2,1-2H3. The molecular formula is C13H16FN3OS. The predicted octanol–water partition coefficient (Wildman–Crippen LogP) is 2.85. The second kappa shape index (κ2) is 6.58. The van der Waals surface area contributed by atoms with Gasteiger partial charge in [0.25, 0.3) is 0 Å². The summed E-state index contributed by atoms with van der Waals surface area (Å²) in [5.41, 5.74) is 0.817. The van der Waals surface area contributed by atoms with Gasteiger partial charge in [0.1, 0.15) is 10.0 Å². The maximum Gasteiger partial charge on any atom is 0.165 e. The van der Waals surface area contributed by atoms with Gasteiger partial charge >= 0.3 is 0 Å². The van der Waals surface area contributed by atoms with Gasteiger partial charge in [0.15, 0.2) is 11.6 Å². The number of rotatable bonds is 6. The maximum absolute atomic E-state index is 13.3. The molecule has 1 aromatic carbocycles. The molecule has 0 saturated heterocycles. The summed E-state index contributed by atoms with van der Waals surface area (Å²) >= 11 is 1.50. The van der Waals surface area contributed by atoms with Crippen LogP contribution in [0.4, 0.5) is 4.39 Å². The summed E-state index contributed by atoms with van der Waals surface area (Å²) in [4.78, 5) is 0. The summed E-state index contributed by atoms with van der Waals surface area (Å²) in [6, 6.07) is 4.70. The zero-order chi connectivity index (χ0) is 13.7. The van der Waals surface area contributed by atoms with Gasteiger partial charge < -0.3 is 10.1 Å². The maximum atomic E-state index is 13.3. The van der Waals surface area contributed by atoms with E-state index >= 15 is 0 Å². The fourth-order valence-corrected chi connectivity index (χ4v) is 2.41. The van der Waals surface area contributed by atoms with Crippen LogP contribution in [0.5, 0.6) is 5.75 Å². The topological polar surface area (TPSA) is 47.0 Å². The normalized spacial score (nSPS) is 10.7. The molecule has 19 heavy (non-hydrogen) atoms. The van der Waals surface area contributed by atoms with Gasteiger partial charge in [-0.3, -0.25) is 0 Å². The van der Waals surface area contributed by atoms with Gasteiger partial charge in [-0.25, -0.2) is 4.39 Å². The average molecular weight is 281 g/mol. The van der Waals surface area contributed by atoms with E-state index in [1.807, 2.05) is 0 Å². The fraction of sp³-hybridized carbons (Fsp3) is 0.385. The molecule has 1 N–H and O–H groups in total. The van der Waals surface area contributed by atoms with E-state index in [4.69, 9.17) is 4.74 Å². The van der Waals surface area contributed by atoms with Crippen LogP contribution in [-0.4, -0.2) is 23.9 Å². The van der Waals surface area contributed by atoms with E-state index in [2.05, 4.69) is 22.4 Å². The number of nitrogens with zero attached hydrogens (tertiary/aromatic N) is 2. The van der Waals surface area contributed by atoms with E-state index in [9.17, 15) is 4.39 Å². The van der Waals surface area contributed by atoms with Crippen molar-refractivity contribution in [2.24, 2.45) is 0 Å². The lowest BCUT2D eigenvalue weighted by molar-refractivity contribution is 0.387. The van der Waals surface area contributed by atoms with E-state index in [-0.39, 0.29) is 11.6 Å². The number of methoxy groups -OCH3 is 1. The highest BCUT2D eigenvalue weighted by molar-refractivity contribution is 7.14. The number of nitrogens with one attached hydrogen (secondary N) is 1. The van der Waals surface area contributed by atoms with Crippen molar-refractivity contribution in [3.63, 3.8) is 0 Å². The molecule has 0 aliphatic rings. The van der Waals surface area contributed by atoms with Crippen LogP contribution in [0.15, 0.2) is 18.2 Å². The van der Waals surface area contributed by atoms with E-state index in [0.717, 1.165) is 28.5 Å². The van der Waals surface area contributed by atoms with Crippen LogP contribution in [0.3, 0.4) is 0 Å². The van der Waals surface area contributed by atoms with Crippen molar-refractivity contribution in [1.82, 2.24) is 15.5 Å². The Kier molecular flexibility index (Phi) is 4.81. The molecule has 4 nitrogen and oxygen atoms in total. The molecule has 0 spiro atoms. The molecule has 0 unspecified atom stereocenters. The second-order valence-corrected chi connectivity index (χ2v) is 5.09. The molecule has 0 saturated carbocycles. The lowest BCUT2D eigenvalue weighted by atomic mass is 10.2. The molecule has 0 radical (unpaired) electrons. The molecule has 0 aliphatic heterocycles. The third kappa shape index (κ3) is 3.48. The van der Waals surface area contributed by atoms with Gasteiger partial charge in [-0.15, -0.1) is 10.2 Å². The molecule has 1 aromatic heterocycles. The first-order valence-electron chi connectivity index (χ1n) is 6.11. The lowest BCUT2D eigenvalue weighted by Crippen LogP contribution is -2.13. The number of hydrogen-bond acceptors (Lipinski definition) is 5. The molecule has 0 atom stereocenters. The van der Waals surface area contributed by atoms with Crippen molar-refractivity contribution >= 4 is 11.3 Å². The Hall–Kier alpha value is -1.53. The molecule has 1 heterocycles. The minimum atomic E-state index is -0.374. The number of hydrogen-bond donors (Lipinski definition) is 1. The summed E-state index contributed by atoms with van der Waals surface area (Å²) < 4.78 is 18.3. The van der Waals surface area contributed by atoms with Crippen molar-refractivity contribution in [3.8, 4) is 16.3 Å². The Balaban J connectivity index is 2.13. The predicted molar refractivity (Wildman–Crippen MR) is 73.9 cm³/mol. The first-order valence-corrected chi connectivity index (χ1v) is 6.93. The van der Waals surface area contributed by atoms with Gasteiger partial charge in [0.05, 0.1) is 7.11 Å². The summed E-state index contributed by atoms with van der Waals surface area (Å²) in [6.07, 6.45) is 1.08. The minimum absolute atomic E-state index is 0.221. The molecule has 2 aromatic rings. The quantitative estimate of drug-likeness (QED) is 0.827. The smallest absolute Gasteiger partial charge is 0.165 e. The Morgan fingerprint density at radius 2 is 2.21 bits per heavy atom. The number of aromatic nitrogens is 2. The molecular weight excluding hydrogens is 265 g/mol. The summed E-state index contributed by atoms with van der Waals surface area (Å²) in [5, 5.41) is 13.2. The largest absolute Gasteiger partial charge is 0.494 e. The molecule has 2 rings (SSSR count). The van der Waals surface area contributed by atoms with Crippen molar-refractivity contribution in [1.29, 1.82) is 0 Å². The van der Waals surface area contributed by atoms with E-state index < -0.39 is 0 Å². The van der Waals surface area contributed by atoms with Crippen LogP contribution >= 0.6 is 11.3 Å². The van der Waals surface area contributed by atoms with E-state index in [0.29, 0.717) is 6.54 Å². The van der Waals surface area contributed by atoms with Crippen LogP contribution in [0.1, 0.15) is 18.4 Å². The highest BCUT2D eigenvalue weighted by Gasteiger charge is 2.10. The third-order valence-electron chi connectivity index (χ3n) is 2.57. The van der Waals surface area contributed by atoms with Crippen molar-refractivity contribution in [2.75, 3.05) is 13.7 Å². The van der Waals surface area contributed by atoms with Gasteiger partial charge in [-0.05, 0) is 31.2 Å². The van der Waals surface area contributed by atoms with Crippen molar-refractivity contribution in [2.45, 2.75) is 19.9 Å². The molecule has 0 bridgehead atoms. The van der Waals surface area contributed by atoms with Crippen LogP contribution in [0.25, 0.3) is 10.6 Å². The third-order valence-corrected chi connectivity index (χ3v) is 3.54. The number of benzene rings is 1. The summed E-state index contributed by atoms with van der Waals surface area (Å²) in [5.74, 6) is -0.154. The Bertz CT molecular complexity index is 544. The lowest BCUT2D eigenvalue weighted by Gasteiger charge is -2.02. The number of halogens is 1. The Morgan fingerprint density at radius 3 is 2.95 bits per heavy atom. The minimum Gasteiger partial charge on any atom is -0.494 e.